The van der Waals surface area contributed by atoms with E-state index in [1.807, 2.05) is 11.8 Å². The Hall–Kier alpha value is -0.0200. The smallest absolute Gasteiger partial charge is 0.149 e. The highest BCUT2D eigenvalue weighted by molar-refractivity contribution is 7.99. The zero-order valence-electron chi connectivity index (χ0n) is 9.58. The number of likely N-dealkylation sites (N-methyl/N-ethyl adjacent to an activating group) is 1. The molecule has 0 aromatic carbocycles. The van der Waals surface area contributed by atoms with Crippen molar-refractivity contribution in [2.24, 2.45) is 0 Å². The topological polar surface area (TPSA) is 20.3 Å². The summed E-state index contributed by atoms with van der Waals surface area (Å²) in [7, 11) is 2.16. The lowest BCUT2D eigenvalue weighted by Crippen LogP contribution is -2.47. The molecule has 0 aromatic rings. The molecule has 1 aliphatic heterocycles. The first kappa shape index (κ1) is 11.5. The van der Waals surface area contributed by atoms with E-state index in [4.69, 9.17) is 0 Å². The van der Waals surface area contributed by atoms with Crippen molar-refractivity contribution in [3.05, 3.63) is 0 Å². The van der Waals surface area contributed by atoms with Crippen LogP contribution in [0.5, 0.6) is 0 Å². The van der Waals surface area contributed by atoms with Crippen LogP contribution in [0.3, 0.4) is 0 Å². The quantitative estimate of drug-likeness (QED) is 0.722. The van der Waals surface area contributed by atoms with Crippen LogP contribution >= 0.6 is 11.8 Å². The minimum Gasteiger partial charge on any atom is -0.298 e. The van der Waals surface area contributed by atoms with Gasteiger partial charge in [0.05, 0.1) is 6.04 Å². The monoisotopic (exact) mass is 227 g/mol. The van der Waals surface area contributed by atoms with E-state index in [0.717, 1.165) is 19.3 Å². The Kier molecular flexibility index (Phi) is 4.09. The maximum atomic E-state index is 11.8. The standard InChI is InChI=1S/C12H21NOS/c1-13(10-5-4-8-15-9-10)11-6-2-3-7-12(11)14/h10-11H,2-9H2,1H3. The third kappa shape index (κ3) is 2.76. The van der Waals surface area contributed by atoms with E-state index in [1.54, 1.807) is 0 Å². The molecule has 1 saturated carbocycles. The highest BCUT2D eigenvalue weighted by Gasteiger charge is 2.30. The lowest BCUT2D eigenvalue weighted by atomic mass is 9.92. The van der Waals surface area contributed by atoms with Gasteiger partial charge in [0.25, 0.3) is 0 Å². The Labute approximate surface area is 96.8 Å². The minimum absolute atomic E-state index is 0.238. The third-order valence-corrected chi connectivity index (χ3v) is 4.92. The molecule has 1 aliphatic carbocycles. The van der Waals surface area contributed by atoms with Gasteiger partial charge in [0.1, 0.15) is 5.78 Å². The van der Waals surface area contributed by atoms with Gasteiger partial charge in [0.2, 0.25) is 0 Å². The largest absolute Gasteiger partial charge is 0.298 e. The normalized spacial score (nSPS) is 33.3. The molecule has 3 heteroatoms. The van der Waals surface area contributed by atoms with Crippen molar-refractivity contribution >= 4 is 17.5 Å². The SMILES string of the molecule is CN(C1CCCSC1)C1CCCCC1=O. The number of thioether (sulfide) groups is 1. The lowest BCUT2D eigenvalue weighted by molar-refractivity contribution is -0.126. The molecule has 2 nitrogen and oxygen atoms in total. The van der Waals surface area contributed by atoms with E-state index >= 15 is 0 Å². The number of carbonyl (C=O) groups is 1. The Morgan fingerprint density at radius 2 is 2.13 bits per heavy atom. The predicted molar refractivity (Wildman–Crippen MR) is 65.4 cm³/mol. The Morgan fingerprint density at radius 1 is 1.27 bits per heavy atom. The number of Topliss-reactive ketones (excluding diaryl/α,β-unsaturated/α-hetero) is 1. The summed E-state index contributed by atoms with van der Waals surface area (Å²) >= 11 is 2.04. The molecule has 1 heterocycles. The van der Waals surface area contributed by atoms with Crippen molar-refractivity contribution in [2.45, 2.75) is 50.6 Å². The summed E-state index contributed by atoms with van der Waals surface area (Å²) < 4.78 is 0. The zero-order chi connectivity index (χ0) is 10.7. The predicted octanol–water partition coefficient (Wildman–Crippen LogP) is 2.33. The van der Waals surface area contributed by atoms with Crippen LogP contribution in [0.2, 0.25) is 0 Å². The van der Waals surface area contributed by atoms with E-state index in [-0.39, 0.29) is 6.04 Å². The number of ketones is 1. The second-order valence-corrected chi connectivity index (χ2v) is 5.91. The van der Waals surface area contributed by atoms with Crippen molar-refractivity contribution in [1.29, 1.82) is 0 Å². The maximum Gasteiger partial charge on any atom is 0.149 e. The van der Waals surface area contributed by atoms with Gasteiger partial charge in [0.15, 0.2) is 0 Å². The molecule has 2 rings (SSSR count). The summed E-state index contributed by atoms with van der Waals surface area (Å²) in [6.07, 6.45) is 6.86. The lowest BCUT2D eigenvalue weighted by Gasteiger charge is -2.37. The Morgan fingerprint density at radius 3 is 2.80 bits per heavy atom. The third-order valence-electron chi connectivity index (χ3n) is 3.73. The second kappa shape index (κ2) is 5.35. The van der Waals surface area contributed by atoms with Gasteiger partial charge < -0.3 is 0 Å². The molecule has 0 amide bonds. The summed E-state index contributed by atoms with van der Waals surface area (Å²) in [5.74, 6) is 3.02. The van der Waals surface area contributed by atoms with Gasteiger partial charge >= 0.3 is 0 Å². The van der Waals surface area contributed by atoms with Crippen LogP contribution in [0.25, 0.3) is 0 Å². The average molecular weight is 227 g/mol. The molecule has 0 aromatic heterocycles. The summed E-state index contributed by atoms with van der Waals surface area (Å²) in [4.78, 5) is 14.2. The molecule has 86 valence electrons. The fourth-order valence-electron chi connectivity index (χ4n) is 2.69. The van der Waals surface area contributed by atoms with Crippen LogP contribution in [-0.4, -0.2) is 41.3 Å². The van der Waals surface area contributed by atoms with Gasteiger partial charge in [-0.05, 0) is 38.5 Å². The van der Waals surface area contributed by atoms with Crippen molar-refractivity contribution in [1.82, 2.24) is 4.90 Å². The number of rotatable bonds is 2. The Bertz CT molecular complexity index is 226. The molecule has 1 saturated heterocycles. The van der Waals surface area contributed by atoms with Crippen LogP contribution in [0.1, 0.15) is 38.5 Å². The highest BCUT2D eigenvalue weighted by atomic mass is 32.2. The van der Waals surface area contributed by atoms with E-state index in [0.29, 0.717) is 11.8 Å². The molecule has 2 atom stereocenters. The average Bonchev–Trinajstić information content (AvgIpc) is 2.30. The van der Waals surface area contributed by atoms with Crippen LogP contribution in [0, 0.1) is 0 Å². The molecular formula is C12H21NOS. The van der Waals surface area contributed by atoms with Crippen molar-refractivity contribution in [2.75, 3.05) is 18.6 Å². The molecule has 2 unspecified atom stereocenters. The van der Waals surface area contributed by atoms with Crippen LogP contribution in [0.15, 0.2) is 0 Å². The summed E-state index contributed by atoms with van der Waals surface area (Å²) in [5.41, 5.74) is 0. The van der Waals surface area contributed by atoms with Gasteiger partial charge in [-0.15, -0.1) is 0 Å². The Balaban J connectivity index is 1.92. The summed E-state index contributed by atoms with van der Waals surface area (Å²) in [6.45, 7) is 0. The number of hydrogen-bond acceptors (Lipinski definition) is 3. The summed E-state index contributed by atoms with van der Waals surface area (Å²) in [6, 6.07) is 0.887. The second-order valence-electron chi connectivity index (χ2n) is 4.76. The minimum atomic E-state index is 0.238. The van der Waals surface area contributed by atoms with E-state index in [1.165, 1.54) is 30.8 Å². The van der Waals surface area contributed by atoms with Gasteiger partial charge in [-0.2, -0.15) is 11.8 Å². The van der Waals surface area contributed by atoms with Crippen LogP contribution in [0.4, 0.5) is 0 Å². The molecule has 2 fully saturated rings. The van der Waals surface area contributed by atoms with Crippen molar-refractivity contribution < 1.29 is 4.79 Å². The molecule has 15 heavy (non-hydrogen) atoms. The number of carbonyl (C=O) groups excluding carboxylic acids is 1. The molecule has 0 radical (unpaired) electrons. The highest BCUT2D eigenvalue weighted by Crippen LogP contribution is 2.26. The van der Waals surface area contributed by atoms with E-state index < -0.39 is 0 Å². The van der Waals surface area contributed by atoms with Gasteiger partial charge in [-0.25, -0.2) is 0 Å². The van der Waals surface area contributed by atoms with Gasteiger partial charge in [-0.3, -0.25) is 9.69 Å². The number of nitrogens with zero attached hydrogens (tertiary/aromatic N) is 1. The van der Waals surface area contributed by atoms with Crippen molar-refractivity contribution in [3.8, 4) is 0 Å². The molecule has 0 N–H and O–H groups in total. The van der Waals surface area contributed by atoms with Crippen LogP contribution in [-0.2, 0) is 4.79 Å². The first-order valence-corrected chi connectivity index (χ1v) is 7.27. The first-order chi connectivity index (χ1) is 7.29. The zero-order valence-corrected chi connectivity index (χ0v) is 10.4. The van der Waals surface area contributed by atoms with Crippen molar-refractivity contribution in [3.63, 3.8) is 0 Å². The molecular weight excluding hydrogens is 206 g/mol. The number of hydrogen-bond donors (Lipinski definition) is 0. The van der Waals surface area contributed by atoms with Gasteiger partial charge in [-0.1, -0.05) is 6.42 Å². The fourth-order valence-corrected chi connectivity index (χ4v) is 3.91. The van der Waals surface area contributed by atoms with Gasteiger partial charge in [0, 0.05) is 18.2 Å². The van der Waals surface area contributed by atoms with E-state index in [2.05, 4.69) is 11.9 Å². The van der Waals surface area contributed by atoms with Crippen LogP contribution < -0.4 is 0 Å². The molecule has 2 aliphatic rings. The summed E-state index contributed by atoms with van der Waals surface area (Å²) in [5, 5.41) is 0. The first-order valence-electron chi connectivity index (χ1n) is 6.11. The molecule has 0 bridgehead atoms. The molecule has 0 spiro atoms. The van der Waals surface area contributed by atoms with E-state index in [9.17, 15) is 4.79 Å². The maximum absolute atomic E-state index is 11.8. The fraction of sp³-hybridized carbons (Fsp3) is 0.917.